The average molecular weight is 441 g/mol. The second kappa shape index (κ2) is 8.69. The van der Waals surface area contributed by atoms with E-state index in [2.05, 4.69) is 16.4 Å². The summed E-state index contributed by atoms with van der Waals surface area (Å²) in [6.07, 6.45) is 0. The molecule has 0 bridgehead atoms. The Morgan fingerprint density at radius 2 is 1.81 bits per heavy atom. The van der Waals surface area contributed by atoms with E-state index in [1.165, 1.54) is 0 Å². The number of rotatable bonds is 6. The molecule has 5 rings (SSSR count). The molecule has 0 fully saturated rings. The molecule has 0 aliphatic heterocycles. The zero-order valence-electron chi connectivity index (χ0n) is 17.4. The molecule has 0 saturated heterocycles. The lowest BCUT2D eigenvalue weighted by atomic mass is 10.1. The Balaban J connectivity index is 1.54. The van der Waals surface area contributed by atoms with E-state index in [0.29, 0.717) is 23.2 Å². The Hall–Kier alpha value is -3.90. The fraction of sp³-hybridized carbons (Fsp3) is 0.0769. The molecule has 6 heteroatoms. The third-order valence-electron chi connectivity index (χ3n) is 5.23. The second-order valence-electron chi connectivity index (χ2n) is 7.30. The highest BCUT2D eigenvalue weighted by molar-refractivity contribution is 7.08. The van der Waals surface area contributed by atoms with Crippen LogP contribution in [0.2, 0.25) is 0 Å². The molecule has 2 aromatic heterocycles. The maximum atomic E-state index is 13.4. The van der Waals surface area contributed by atoms with Crippen molar-refractivity contribution in [3.63, 3.8) is 0 Å². The van der Waals surface area contributed by atoms with Crippen LogP contribution in [0.5, 0.6) is 5.75 Å². The van der Waals surface area contributed by atoms with Gasteiger partial charge in [-0.1, -0.05) is 36.4 Å². The summed E-state index contributed by atoms with van der Waals surface area (Å²) in [7, 11) is 1.63. The Labute approximate surface area is 189 Å². The largest absolute Gasteiger partial charge is 0.497 e. The molecule has 32 heavy (non-hydrogen) atoms. The number of oxazole rings is 1. The number of methoxy groups -OCH3 is 1. The minimum absolute atomic E-state index is 0.175. The third kappa shape index (κ3) is 4.00. The standard InChI is InChI=1S/C26H20N2O3S/c1-30-22-10-7-18(8-11-22)16-28(25(29)19-5-3-2-4-6-19)26-27-23-15-20(9-12-24(23)31-26)21-13-14-32-17-21/h2-15,17H,16H2,1H3. The zero-order valence-corrected chi connectivity index (χ0v) is 18.2. The van der Waals surface area contributed by atoms with Crippen LogP contribution in [0.25, 0.3) is 22.2 Å². The molecule has 5 nitrogen and oxygen atoms in total. The predicted octanol–water partition coefficient (Wildman–Crippen LogP) is 6.41. The molecule has 0 aliphatic carbocycles. The fourth-order valence-electron chi connectivity index (χ4n) is 3.52. The quantitative estimate of drug-likeness (QED) is 0.306. The van der Waals surface area contributed by atoms with Gasteiger partial charge in [-0.2, -0.15) is 16.3 Å². The Morgan fingerprint density at radius 1 is 1.00 bits per heavy atom. The van der Waals surface area contributed by atoms with Gasteiger partial charge in [-0.05, 0) is 69.9 Å². The smallest absolute Gasteiger partial charge is 0.305 e. The van der Waals surface area contributed by atoms with Gasteiger partial charge in [-0.15, -0.1) is 0 Å². The highest BCUT2D eigenvalue weighted by Gasteiger charge is 2.23. The molecule has 0 atom stereocenters. The Bertz CT molecular complexity index is 1340. The molecule has 5 aromatic rings. The number of hydrogen-bond donors (Lipinski definition) is 0. The van der Waals surface area contributed by atoms with Crippen LogP contribution in [0, 0.1) is 0 Å². The number of carbonyl (C=O) groups is 1. The van der Waals surface area contributed by atoms with Gasteiger partial charge in [-0.25, -0.2) is 0 Å². The van der Waals surface area contributed by atoms with Gasteiger partial charge in [0.15, 0.2) is 5.58 Å². The van der Waals surface area contributed by atoms with Gasteiger partial charge in [0.2, 0.25) is 0 Å². The van der Waals surface area contributed by atoms with Gasteiger partial charge < -0.3 is 9.15 Å². The number of anilines is 1. The maximum absolute atomic E-state index is 13.4. The first-order chi connectivity index (χ1) is 15.7. The van der Waals surface area contributed by atoms with E-state index in [9.17, 15) is 4.79 Å². The van der Waals surface area contributed by atoms with Crippen molar-refractivity contribution >= 4 is 34.4 Å². The molecule has 2 heterocycles. The van der Waals surface area contributed by atoms with Gasteiger partial charge >= 0.3 is 6.01 Å². The molecule has 0 N–H and O–H groups in total. The van der Waals surface area contributed by atoms with E-state index >= 15 is 0 Å². The average Bonchev–Trinajstić information content (AvgIpc) is 3.52. The molecular formula is C26H20N2O3S. The van der Waals surface area contributed by atoms with E-state index in [1.807, 2.05) is 66.0 Å². The van der Waals surface area contributed by atoms with E-state index in [4.69, 9.17) is 9.15 Å². The molecule has 0 radical (unpaired) electrons. The van der Waals surface area contributed by atoms with Crippen LogP contribution in [-0.4, -0.2) is 18.0 Å². The van der Waals surface area contributed by atoms with Crippen LogP contribution < -0.4 is 9.64 Å². The number of thiophene rings is 1. The summed E-state index contributed by atoms with van der Waals surface area (Å²) < 4.78 is 11.3. The van der Waals surface area contributed by atoms with Crippen molar-refractivity contribution in [1.82, 2.24) is 4.98 Å². The first kappa shape index (κ1) is 20.0. The molecule has 158 valence electrons. The SMILES string of the molecule is COc1ccc(CN(C(=O)c2ccccc2)c2nc3cc(-c4ccsc4)ccc3o2)cc1. The zero-order chi connectivity index (χ0) is 21.9. The van der Waals surface area contributed by atoms with Crippen molar-refractivity contribution in [1.29, 1.82) is 0 Å². The van der Waals surface area contributed by atoms with Gasteiger partial charge in [-0.3, -0.25) is 9.69 Å². The highest BCUT2D eigenvalue weighted by atomic mass is 32.1. The van der Waals surface area contributed by atoms with Crippen molar-refractivity contribution < 1.29 is 13.9 Å². The minimum atomic E-state index is -0.175. The summed E-state index contributed by atoms with van der Waals surface area (Å²) in [4.78, 5) is 19.7. The van der Waals surface area contributed by atoms with Gasteiger partial charge in [0.1, 0.15) is 11.3 Å². The van der Waals surface area contributed by atoms with Gasteiger partial charge in [0.05, 0.1) is 13.7 Å². The van der Waals surface area contributed by atoms with Crippen molar-refractivity contribution in [2.45, 2.75) is 6.54 Å². The number of amides is 1. The number of carbonyl (C=O) groups excluding carboxylic acids is 1. The van der Waals surface area contributed by atoms with Gasteiger partial charge in [0, 0.05) is 5.56 Å². The predicted molar refractivity (Wildman–Crippen MR) is 127 cm³/mol. The van der Waals surface area contributed by atoms with Crippen molar-refractivity contribution in [2.75, 3.05) is 12.0 Å². The van der Waals surface area contributed by atoms with Crippen molar-refractivity contribution in [3.05, 3.63) is 101 Å². The summed E-state index contributed by atoms with van der Waals surface area (Å²) in [5.74, 6) is 0.587. The highest BCUT2D eigenvalue weighted by Crippen LogP contribution is 2.30. The van der Waals surface area contributed by atoms with Crippen LogP contribution in [0.15, 0.2) is 94.0 Å². The summed E-state index contributed by atoms with van der Waals surface area (Å²) in [5.41, 5.74) is 5.06. The van der Waals surface area contributed by atoms with Crippen molar-refractivity contribution in [2.24, 2.45) is 0 Å². The van der Waals surface area contributed by atoms with E-state index in [1.54, 1.807) is 35.5 Å². The topological polar surface area (TPSA) is 55.6 Å². The monoisotopic (exact) mass is 440 g/mol. The number of hydrogen-bond acceptors (Lipinski definition) is 5. The first-order valence-electron chi connectivity index (χ1n) is 10.1. The number of fused-ring (bicyclic) bond motifs is 1. The molecule has 1 amide bonds. The molecule has 0 saturated carbocycles. The summed E-state index contributed by atoms with van der Waals surface area (Å²) in [6, 6.07) is 25.0. The minimum Gasteiger partial charge on any atom is -0.497 e. The molecule has 0 aliphatic rings. The fourth-order valence-corrected chi connectivity index (χ4v) is 4.18. The number of benzene rings is 3. The van der Waals surface area contributed by atoms with E-state index in [0.717, 1.165) is 22.4 Å². The van der Waals surface area contributed by atoms with Crippen LogP contribution in [-0.2, 0) is 6.54 Å². The lowest BCUT2D eigenvalue weighted by Crippen LogP contribution is -2.30. The van der Waals surface area contributed by atoms with Gasteiger partial charge in [0.25, 0.3) is 5.91 Å². The lowest BCUT2D eigenvalue weighted by molar-refractivity contribution is 0.0980. The van der Waals surface area contributed by atoms with Crippen molar-refractivity contribution in [3.8, 4) is 16.9 Å². The number of aromatic nitrogens is 1. The number of nitrogens with zero attached hydrogens (tertiary/aromatic N) is 2. The van der Waals surface area contributed by atoms with Crippen LogP contribution >= 0.6 is 11.3 Å². The Morgan fingerprint density at radius 3 is 2.53 bits per heavy atom. The number of ether oxygens (including phenoxy) is 1. The van der Waals surface area contributed by atoms with E-state index in [-0.39, 0.29) is 11.9 Å². The summed E-state index contributed by atoms with van der Waals surface area (Å²) in [5, 5.41) is 4.14. The molecule has 0 unspecified atom stereocenters. The van der Waals surface area contributed by atoms with Crippen LogP contribution in [0.4, 0.5) is 6.01 Å². The summed E-state index contributed by atoms with van der Waals surface area (Å²) in [6.45, 7) is 0.321. The molecule has 3 aromatic carbocycles. The second-order valence-corrected chi connectivity index (χ2v) is 8.08. The third-order valence-corrected chi connectivity index (χ3v) is 5.91. The normalized spacial score (nSPS) is 10.9. The lowest BCUT2D eigenvalue weighted by Gasteiger charge is -2.19. The Kier molecular flexibility index (Phi) is 5.44. The van der Waals surface area contributed by atoms with Crippen LogP contribution in [0.3, 0.4) is 0 Å². The first-order valence-corrected chi connectivity index (χ1v) is 11.1. The summed E-state index contributed by atoms with van der Waals surface area (Å²) >= 11 is 1.65. The van der Waals surface area contributed by atoms with Crippen LogP contribution in [0.1, 0.15) is 15.9 Å². The molecule has 0 spiro atoms. The van der Waals surface area contributed by atoms with E-state index < -0.39 is 0 Å². The molecular weight excluding hydrogens is 420 g/mol. The maximum Gasteiger partial charge on any atom is 0.305 e.